The number of hydrogen-bond donors (Lipinski definition) is 2. The number of ether oxygens (including phenoxy) is 2. The fraction of sp³-hybridized carbons (Fsp3) is 0.250. The first-order valence-corrected chi connectivity index (χ1v) is 9.69. The predicted octanol–water partition coefficient (Wildman–Crippen LogP) is 3.19. The van der Waals surface area contributed by atoms with Crippen molar-refractivity contribution >= 4 is 29.1 Å². The molecule has 0 saturated carbocycles. The lowest BCUT2D eigenvalue weighted by atomic mass is 10.3. The lowest BCUT2D eigenvalue weighted by molar-refractivity contribution is 0.122. The van der Waals surface area contributed by atoms with E-state index in [0.29, 0.717) is 42.4 Å². The standard InChI is InChI=1S/C20H21N5O3S/c29-20(21-14-16-7-4-10-27-16)24-19-22-17(25-8-11-26-12-9-25)13-18(23-19)28-15-5-2-1-3-6-15/h1-7,10,13H,8-9,11-12,14H2,(H2,21,22,23,24,29). The van der Waals surface area contributed by atoms with E-state index in [9.17, 15) is 0 Å². The Kier molecular flexibility index (Phi) is 6.18. The summed E-state index contributed by atoms with van der Waals surface area (Å²) in [5, 5.41) is 6.50. The third-order valence-electron chi connectivity index (χ3n) is 4.22. The molecule has 150 valence electrons. The first-order valence-electron chi connectivity index (χ1n) is 9.28. The molecule has 2 aromatic heterocycles. The number of nitrogens with one attached hydrogen (secondary N) is 2. The molecule has 1 saturated heterocycles. The van der Waals surface area contributed by atoms with E-state index in [4.69, 9.17) is 26.1 Å². The average molecular weight is 411 g/mol. The summed E-state index contributed by atoms with van der Waals surface area (Å²) in [5.41, 5.74) is 0. The Labute approximate surface area is 173 Å². The van der Waals surface area contributed by atoms with Crippen molar-refractivity contribution in [2.24, 2.45) is 0 Å². The van der Waals surface area contributed by atoms with Gasteiger partial charge in [-0.1, -0.05) is 18.2 Å². The van der Waals surface area contributed by atoms with Crippen LogP contribution in [-0.4, -0.2) is 41.4 Å². The number of rotatable bonds is 6. The second-order valence-electron chi connectivity index (χ2n) is 6.29. The van der Waals surface area contributed by atoms with Crippen molar-refractivity contribution in [3.8, 4) is 11.6 Å². The van der Waals surface area contributed by atoms with E-state index in [1.54, 1.807) is 6.26 Å². The Bertz CT molecular complexity index is 931. The number of para-hydroxylation sites is 1. The maximum atomic E-state index is 5.92. The summed E-state index contributed by atoms with van der Waals surface area (Å²) in [6.07, 6.45) is 1.62. The van der Waals surface area contributed by atoms with E-state index in [-0.39, 0.29) is 0 Å². The highest BCUT2D eigenvalue weighted by Gasteiger charge is 2.16. The summed E-state index contributed by atoms with van der Waals surface area (Å²) in [6, 6.07) is 15.0. The monoisotopic (exact) mass is 411 g/mol. The average Bonchev–Trinajstić information content (AvgIpc) is 3.27. The second-order valence-corrected chi connectivity index (χ2v) is 6.70. The molecule has 1 aromatic carbocycles. The lowest BCUT2D eigenvalue weighted by Crippen LogP contribution is -2.37. The van der Waals surface area contributed by atoms with Crippen LogP contribution in [0.5, 0.6) is 11.6 Å². The van der Waals surface area contributed by atoms with Gasteiger partial charge < -0.3 is 29.4 Å². The quantitative estimate of drug-likeness (QED) is 0.594. The van der Waals surface area contributed by atoms with Crippen molar-refractivity contribution in [1.82, 2.24) is 15.3 Å². The van der Waals surface area contributed by atoms with Crippen LogP contribution in [0.1, 0.15) is 5.76 Å². The van der Waals surface area contributed by atoms with Gasteiger partial charge in [-0.15, -0.1) is 0 Å². The number of aromatic nitrogens is 2. The predicted molar refractivity (Wildman–Crippen MR) is 113 cm³/mol. The molecule has 4 rings (SSSR count). The Balaban J connectivity index is 1.51. The summed E-state index contributed by atoms with van der Waals surface area (Å²) in [7, 11) is 0. The number of anilines is 2. The van der Waals surface area contributed by atoms with E-state index < -0.39 is 0 Å². The van der Waals surface area contributed by atoms with Gasteiger partial charge in [0.2, 0.25) is 11.8 Å². The SMILES string of the molecule is S=C(NCc1ccco1)Nc1nc(Oc2ccccc2)cc(N2CCOCC2)n1. The van der Waals surface area contributed by atoms with E-state index in [1.165, 1.54) is 0 Å². The molecule has 0 aliphatic carbocycles. The largest absolute Gasteiger partial charge is 0.467 e. The zero-order valence-corrected chi connectivity index (χ0v) is 16.5. The molecule has 1 aliphatic rings. The Morgan fingerprint density at radius 3 is 2.69 bits per heavy atom. The van der Waals surface area contributed by atoms with Gasteiger partial charge in [0, 0.05) is 19.2 Å². The highest BCUT2D eigenvalue weighted by Crippen LogP contribution is 2.25. The summed E-state index contributed by atoms with van der Waals surface area (Å²) in [4.78, 5) is 11.2. The van der Waals surface area contributed by atoms with Crippen LogP contribution in [0.2, 0.25) is 0 Å². The molecular formula is C20H21N5O3S. The molecule has 0 bridgehead atoms. The van der Waals surface area contributed by atoms with Gasteiger partial charge in [0.1, 0.15) is 17.3 Å². The first-order chi connectivity index (χ1) is 14.3. The normalized spacial score (nSPS) is 13.7. The molecule has 3 aromatic rings. The summed E-state index contributed by atoms with van der Waals surface area (Å²) >= 11 is 5.36. The highest BCUT2D eigenvalue weighted by molar-refractivity contribution is 7.80. The van der Waals surface area contributed by atoms with Crippen LogP contribution in [0.3, 0.4) is 0 Å². The van der Waals surface area contributed by atoms with Crippen molar-refractivity contribution in [1.29, 1.82) is 0 Å². The third kappa shape index (κ3) is 5.43. The molecule has 0 radical (unpaired) electrons. The van der Waals surface area contributed by atoms with Crippen LogP contribution in [-0.2, 0) is 11.3 Å². The van der Waals surface area contributed by atoms with Gasteiger partial charge in [-0.25, -0.2) is 0 Å². The zero-order chi connectivity index (χ0) is 19.9. The van der Waals surface area contributed by atoms with E-state index in [2.05, 4.69) is 25.5 Å². The number of nitrogens with zero attached hydrogens (tertiary/aromatic N) is 3. The molecule has 29 heavy (non-hydrogen) atoms. The molecule has 3 heterocycles. The van der Waals surface area contributed by atoms with Crippen molar-refractivity contribution < 1.29 is 13.9 Å². The smallest absolute Gasteiger partial charge is 0.234 e. The van der Waals surface area contributed by atoms with Crippen LogP contribution in [0.15, 0.2) is 59.2 Å². The van der Waals surface area contributed by atoms with Crippen LogP contribution in [0.25, 0.3) is 0 Å². The maximum Gasteiger partial charge on any atom is 0.234 e. The molecule has 2 N–H and O–H groups in total. The van der Waals surface area contributed by atoms with Gasteiger partial charge in [0.05, 0.1) is 26.0 Å². The summed E-state index contributed by atoms with van der Waals surface area (Å²) < 4.78 is 16.7. The van der Waals surface area contributed by atoms with Crippen LogP contribution in [0, 0.1) is 0 Å². The molecule has 0 atom stereocenters. The minimum atomic E-state index is 0.358. The van der Waals surface area contributed by atoms with Gasteiger partial charge in [-0.3, -0.25) is 0 Å². The van der Waals surface area contributed by atoms with Crippen LogP contribution < -0.4 is 20.3 Å². The summed E-state index contributed by atoms with van der Waals surface area (Å²) in [6.45, 7) is 3.29. The lowest BCUT2D eigenvalue weighted by Gasteiger charge is -2.28. The molecule has 1 fully saturated rings. The molecule has 8 nitrogen and oxygen atoms in total. The maximum absolute atomic E-state index is 5.92. The summed E-state index contributed by atoms with van der Waals surface area (Å²) in [5.74, 6) is 3.03. The second kappa shape index (κ2) is 9.35. The fourth-order valence-corrected chi connectivity index (χ4v) is 2.97. The number of hydrogen-bond acceptors (Lipinski definition) is 7. The Morgan fingerprint density at radius 2 is 1.93 bits per heavy atom. The Morgan fingerprint density at radius 1 is 1.10 bits per heavy atom. The van der Waals surface area contributed by atoms with Crippen molar-refractivity contribution in [3.63, 3.8) is 0 Å². The van der Waals surface area contributed by atoms with E-state index in [1.807, 2.05) is 48.5 Å². The molecule has 9 heteroatoms. The molecule has 1 aliphatic heterocycles. The number of benzene rings is 1. The number of thiocarbonyl (C=S) groups is 1. The Hall–Kier alpha value is -3.17. The number of furan rings is 1. The minimum absolute atomic E-state index is 0.358. The fourth-order valence-electron chi connectivity index (χ4n) is 2.81. The minimum Gasteiger partial charge on any atom is -0.467 e. The van der Waals surface area contributed by atoms with Crippen LogP contribution in [0.4, 0.5) is 11.8 Å². The van der Waals surface area contributed by atoms with Crippen molar-refractivity contribution in [2.75, 3.05) is 36.5 Å². The van der Waals surface area contributed by atoms with Gasteiger partial charge in [-0.05, 0) is 36.5 Å². The van der Waals surface area contributed by atoms with Gasteiger partial charge in [0.15, 0.2) is 5.11 Å². The first kappa shape index (κ1) is 19.2. The van der Waals surface area contributed by atoms with Crippen molar-refractivity contribution in [3.05, 3.63) is 60.6 Å². The van der Waals surface area contributed by atoms with E-state index in [0.717, 1.165) is 24.7 Å². The molecule has 0 amide bonds. The van der Waals surface area contributed by atoms with E-state index >= 15 is 0 Å². The number of morpholine rings is 1. The molecule has 0 unspecified atom stereocenters. The van der Waals surface area contributed by atoms with Gasteiger partial charge >= 0.3 is 0 Å². The zero-order valence-electron chi connectivity index (χ0n) is 15.7. The molecule has 0 spiro atoms. The van der Waals surface area contributed by atoms with Crippen LogP contribution >= 0.6 is 12.2 Å². The molecular weight excluding hydrogens is 390 g/mol. The highest BCUT2D eigenvalue weighted by atomic mass is 32.1. The third-order valence-corrected chi connectivity index (χ3v) is 4.46. The topological polar surface area (TPSA) is 84.7 Å². The van der Waals surface area contributed by atoms with Gasteiger partial charge in [-0.2, -0.15) is 9.97 Å². The van der Waals surface area contributed by atoms with Crippen molar-refractivity contribution in [2.45, 2.75) is 6.54 Å². The van der Waals surface area contributed by atoms with Gasteiger partial charge in [0.25, 0.3) is 0 Å².